The van der Waals surface area contributed by atoms with Crippen LogP contribution in [0.25, 0.3) is 0 Å². The van der Waals surface area contributed by atoms with Crippen molar-refractivity contribution in [3.63, 3.8) is 0 Å². The van der Waals surface area contributed by atoms with Gasteiger partial charge in [0.15, 0.2) is 9.84 Å². The van der Waals surface area contributed by atoms with Crippen molar-refractivity contribution in [1.82, 2.24) is 4.90 Å². The number of piperidine rings is 1. The molecule has 2 unspecified atom stereocenters. The number of amides is 2. The number of carbonyl (C=O) groups is 2. The van der Waals surface area contributed by atoms with Crippen LogP contribution in [0.4, 0.5) is 5.69 Å². The van der Waals surface area contributed by atoms with E-state index in [0.29, 0.717) is 5.02 Å². The van der Waals surface area contributed by atoms with E-state index < -0.39 is 21.5 Å². The van der Waals surface area contributed by atoms with Gasteiger partial charge in [0.25, 0.3) is 5.91 Å². The van der Waals surface area contributed by atoms with Crippen LogP contribution in [0.2, 0.25) is 5.02 Å². The van der Waals surface area contributed by atoms with Gasteiger partial charge in [-0.05, 0) is 57.2 Å². The lowest BCUT2D eigenvalue weighted by molar-refractivity contribution is -0.113. The Labute approximate surface area is 172 Å². The standard InChI is InChI=1S/C20H29ClN2O4S/c1-13(2)11-28(26,27)12-19(24)22-18-9-8-16(21)10-17(18)20(25)23-14(3)6-5-7-15(23)4/h8-10,13-15H,5-7,11-12H2,1-4H3,(H,22,24). The van der Waals surface area contributed by atoms with E-state index in [2.05, 4.69) is 5.32 Å². The van der Waals surface area contributed by atoms with Crippen LogP contribution in [0, 0.1) is 5.92 Å². The predicted octanol–water partition coefficient (Wildman–Crippen LogP) is 3.75. The number of benzene rings is 1. The van der Waals surface area contributed by atoms with Crippen LogP contribution in [0.3, 0.4) is 0 Å². The van der Waals surface area contributed by atoms with Crippen LogP contribution in [0.5, 0.6) is 0 Å². The van der Waals surface area contributed by atoms with Crippen molar-refractivity contribution >= 4 is 38.9 Å². The van der Waals surface area contributed by atoms with Crippen LogP contribution in [-0.2, 0) is 14.6 Å². The second-order valence-corrected chi connectivity index (χ2v) is 10.6. The summed E-state index contributed by atoms with van der Waals surface area (Å²) in [5.74, 6) is -1.60. The average molecular weight is 429 g/mol. The molecule has 1 N–H and O–H groups in total. The fraction of sp³-hybridized carbons (Fsp3) is 0.600. The maximum atomic E-state index is 13.2. The molecular formula is C20H29ClN2O4S. The molecule has 0 aromatic heterocycles. The summed E-state index contributed by atoms with van der Waals surface area (Å²) < 4.78 is 24.2. The van der Waals surface area contributed by atoms with Crippen LogP contribution in [0.1, 0.15) is 57.3 Å². The first kappa shape index (κ1) is 22.7. The first-order valence-corrected chi connectivity index (χ1v) is 11.8. The van der Waals surface area contributed by atoms with Gasteiger partial charge in [-0.2, -0.15) is 0 Å². The molecule has 2 amide bonds. The Kier molecular flexibility index (Phi) is 7.51. The fourth-order valence-electron chi connectivity index (χ4n) is 3.72. The van der Waals surface area contributed by atoms with E-state index in [-0.39, 0.29) is 40.9 Å². The minimum Gasteiger partial charge on any atom is -0.333 e. The molecule has 28 heavy (non-hydrogen) atoms. The van der Waals surface area contributed by atoms with Gasteiger partial charge in [-0.15, -0.1) is 0 Å². The van der Waals surface area contributed by atoms with Gasteiger partial charge in [0.2, 0.25) is 5.91 Å². The van der Waals surface area contributed by atoms with Gasteiger partial charge in [-0.25, -0.2) is 8.42 Å². The predicted molar refractivity (Wildman–Crippen MR) is 113 cm³/mol. The number of nitrogens with zero attached hydrogens (tertiary/aromatic N) is 1. The van der Waals surface area contributed by atoms with E-state index in [4.69, 9.17) is 11.6 Å². The number of sulfone groups is 1. The highest BCUT2D eigenvalue weighted by Gasteiger charge is 2.31. The third kappa shape index (κ3) is 5.95. The van der Waals surface area contributed by atoms with Gasteiger partial charge in [0.05, 0.1) is 17.0 Å². The third-order valence-corrected chi connectivity index (χ3v) is 6.96. The van der Waals surface area contributed by atoms with Crippen molar-refractivity contribution in [2.24, 2.45) is 5.92 Å². The zero-order valence-corrected chi connectivity index (χ0v) is 18.4. The van der Waals surface area contributed by atoms with Crippen molar-refractivity contribution in [3.8, 4) is 0 Å². The number of nitrogens with one attached hydrogen (secondary N) is 1. The molecular weight excluding hydrogens is 400 g/mol. The van der Waals surface area contributed by atoms with Gasteiger partial charge in [-0.3, -0.25) is 9.59 Å². The molecule has 1 saturated heterocycles. The second-order valence-electron chi connectivity index (χ2n) is 8.03. The molecule has 1 aromatic rings. The van der Waals surface area contributed by atoms with Crippen molar-refractivity contribution in [3.05, 3.63) is 28.8 Å². The molecule has 8 heteroatoms. The Morgan fingerprint density at radius 2 is 1.82 bits per heavy atom. The molecule has 1 aromatic carbocycles. The Hall–Kier alpha value is -1.60. The van der Waals surface area contributed by atoms with E-state index in [1.807, 2.05) is 18.7 Å². The van der Waals surface area contributed by atoms with E-state index in [0.717, 1.165) is 19.3 Å². The van der Waals surface area contributed by atoms with Crippen LogP contribution < -0.4 is 5.32 Å². The van der Waals surface area contributed by atoms with Crippen LogP contribution in [0.15, 0.2) is 18.2 Å². The number of hydrogen-bond acceptors (Lipinski definition) is 4. The molecule has 156 valence electrons. The normalized spacial score (nSPS) is 20.3. The maximum Gasteiger partial charge on any atom is 0.256 e. The molecule has 1 aliphatic rings. The molecule has 6 nitrogen and oxygen atoms in total. The summed E-state index contributed by atoms with van der Waals surface area (Å²) in [4.78, 5) is 27.3. The minimum atomic E-state index is -3.51. The summed E-state index contributed by atoms with van der Waals surface area (Å²) >= 11 is 6.09. The van der Waals surface area contributed by atoms with Crippen molar-refractivity contribution in [2.45, 2.75) is 59.0 Å². The highest BCUT2D eigenvalue weighted by molar-refractivity contribution is 7.92. The number of anilines is 1. The topological polar surface area (TPSA) is 83.5 Å². The molecule has 0 saturated carbocycles. The molecule has 1 aliphatic heterocycles. The molecule has 0 spiro atoms. The monoisotopic (exact) mass is 428 g/mol. The molecule has 1 heterocycles. The summed E-state index contributed by atoms with van der Waals surface area (Å²) in [5.41, 5.74) is 0.562. The van der Waals surface area contributed by atoms with Crippen molar-refractivity contribution in [1.29, 1.82) is 0 Å². The summed E-state index contributed by atoms with van der Waals surface area (Å²) in [6.07, 6.45) is 2.91. The number of likely N-dealkylation sites (tertiary alicyclic amines) is 1. The number of halogens is 1. The molecule has 0 bridgehead atoms. The summed E-state index contributed by atoms with van der Waals surface area (Å²) in [7, 11) is -3.51. The minimum absolute atomic E-state index is 0.0599. The van der Waals surface area contributed by atoms with E-state index >= 15 is 0 Å². The Balaban J connectivity index is 2.25. The van der Waals surface area contributed by atoms with Crippen LogP contribution in [-0.4, -0.2) is 48.7 Å². The summed E-state index contributed by atoms with van der Waals surface area (Å²) in [6, 6.07) is 4.81. The van der Waals surface area contributed by atoms with E-state index in [1.165, 1.54) is 6.07 Å². The van der Waals surface area contributed by atoms with Gasteiger partial charge in [0, 0.05) is 17.1 Å². The Morgan fingerprint density at radius 3 is 2.39 bits per heavy atom. The Bertz CT molecular complexity index is 829. The Morgan fingerprint density at radius 1 is 1.21 bits per heavy atom. The first-order valence-electron chi connectivity index (χ1n) is 9.62. The average Bonchev–Trinajstić information content (AvgIpc) is 2.54. The molecule has 0 aliphatic carbocycles. The molecule has 0 radical (unpaired) electrons. The highest BCUT2D eigenvalue weighted by atomic mass is 35.5. The summed E-state index contributed by atoms with van der Waals surface area (Å²) in [6.45, 7) is 7.59. The molecule has 2 atom stereocenters. The molecule has 1 fully saturated rings. The van der Waals surface area contributed by atoms with Gasteiger partial charge >= 0.3 is 0 Å². The number of carbonyl (C=O) groups excluding carboxylic acids is 2. The smallest absolute Gasteiger partial charge is 0.256 e. The third-order valence-electron chi connectivity index (χ3n) is 4.85. The van der Waals surface area contributed by atoms with Gasteiger partial charge < -0.3 is 10.2 Å². The zero-order chi connectivity index (χ0) is 21.1. The SMILES string of the molecule is CC(C)CS(=O)(=O)CC(=O)Nc1ccc(Cl)cc1C(=O)N1C(C)CCCC1C. The first-order chi connectivity index (χ1) is 13.0. The molecule has 2 rings (SSSR count). The fourth-order valence-corrected chi connectivity index (χ4v) is 5.49. The van der Waals surface area contributed by atoms with E-state index in [9.17, 15) is 18.0 Å². The number of rotatable bonds is 6. The quantitative estimate of drug-likeness (QED) is 0.747. The maximum absolute atomic E-state index is 13.2. The lowest BCUT2D eigenvalue weighted by Gasteiger charge is -2.39. The lowest BCUT2D eigenvalue weighted by atomic mass is 9.96. The lowest BCUT2D eigenvalue weighted by Crippen LogP contribution is -2.47. The largest absolute Gasteiger partial charge is 0.333 e. The van der Waals surface area contributed by atoms with Crippen molar-refractivity contribution < 1.29 is 18.0 Å². The highest BCUT2D eigenvalue weighted by Crippen LogP contribution is 2.28. The summed E-state index contributed by atoms with van der Waals surface area (Å²) in [5, 5.41) is 2.97. The van der Waals surface area contributed by atoms with Gasteiger partial charge in [0.1, 0.15) is 5.75 Å². The number of hydrogen-bond donors (Lipinski definition) is 1. The zero-order valence-electron chi connectivity index (χ0n) is 16.9. The van der Waals surface area contributed by atoms with Gasteiger partial charge in [-0.1, -0.05) is 25.4 Å². The van der Waals surface area contributed by atoms with Crippen molar-refractivity contribution in [2.75, 3.05) is 16.8 Å². The second kappa shape index (κ2) is 9.27. The van der Waals surface area contributed by atoms with E-state index in [1.54, 1.807) is 26.0 Å². The van der Waals surface area contributed by atoms with Crippen LogP contribution >= 0.6 is 11.6 Å².